The van der Waals surface area contributed by atoms with E-state index in [4.69, 9.17) is 4.74 Å². The molecule has 1 saturated carbocycles. The van der Waals surface area contributed by atoms with Gasteiger partial charge in [-0.2, -0.15) is 4.98 Å². The molecule has 2 heterocycles. The van der Waals surface area contributed by atoms with Gasteiger partial charge in [0.2, 0.25) is 11.9 Å². The Hall–Kier alpha value is -3.04. The van der Waals surface area contributed by atoms with Crippen molar-refractivity contribution >= 4 is 23.4 Å². The Morgan fingerprint density at radius 1 is 1.12 bits per heavy atom. The highest BCUT2D eigenvalue weighted by molar-refractivity contribution is 6.02. The fourth-order valence-corrected chi connectivity index (χ4v) is 4.08. The van der Waals surface area contributed by atoms with Crippen LogP contribution >= 0.6 is 0 Å². The van der Waals surface area contributed by atoms with E-state index in [1.165, 1.54) is 0 Å². The van der Waals surface area contributed by atoms with Gasteiger partial charge in [-0.25, -0.2) is 18.2 Å². The SMILES string of the molecule is C.C.CCN1CC(=O)N(CC)c2cnc(N[C@@H]3CC[C@@H](Oc4cc(F)c(F)c(F)c4)C3)nc21. The van der Waals surface area contributed by atoms with E-state index in [1.54, 1.807) is 11.1 Å². The zero-order valence-corrected chi connectivity index (χ0v) is 17.4. The fourth-order valence-electron chi connectivity index (χ4n) is 4.08. The number of amides is 1. The summed E-state index contributed by atoms with van der Waals surface area (Å²) in [5.41, 5.74) is 0.694. The third kappa shape index (κ3) is 5.31. The van der Waals surface area contributed by atoms with Gasteiger partial charge in [-0.05, 0) is 26.7 Å². The van der Waals surface area contributed by atoms with Crippen molar-refractivity contribution in [3.63, 3.8) is 0 Å². The summed E-state index contributed by atoms with van der Waals surface area (Å²) in [6.45, 7) is 5.35. The first-order chi connectivity index (χ1) is 14.9. The molecule has 33 heavy (non-hydrogen) atoms. The Kier molecular flexibility index (Phi) is 8.51. The second kappa shape index (κ2) is 10.7. The number of likely N-dealkylation sites (N-methyl/N-ethyl adjacent to an activating group) is 2. The molecule has 182 valence electrons. The molecule has 1 fully saturated rings. The maximum absolute atomic E-state index is 13.4. The summed E-state index contributed by atoms with van der Waals surface area (Å²) < 4.78 is 45.6. The largest absolute Gasteiger partial charge is 0.490 e. The molecule has 2 atom stereocenters. The molecule has 4 rings (SSSR count). The number of carbonyl (C=O) groups excluding carboxylic acids is 1. The van der Waals surface area contributed by atoms with E-state index in [2.05, 4.69) is 15.3 Å². The van der Waals surface area contributed by atoms with Crippen LogP contribution in [0.15, 0.2) is 18.3 Å². The first kappa shape index (κ1) is 26.2. The van der Waals surface area contributed by atoms with Gasteiger partial charge < -0.3 is 19.9 Å². The first-order valence-electron chi connectivity index (χ1n) is 10.4. The standard InChI is InChI=1S/C21H24F3N5O2.2CH4/c1-3-28-11-18(30)29(4-2)17-10-25-21(27-20(17)28)26-12-5-6-13(7-12)31-14-8-15(22)19(24)16(23)9-14;;/h8-10,12-13H,3-7,11H2,1-2H3,(H,25,26,27);2*1H4/t12-,13-;;/m1../s1. The van der Waals surface area contributed by atoms with Crippen molar-refractivity contribution in [1.82, 2.24) is 9.97 Å². The van der Waals surface area contributed by atoms with E-state index in [1.807, 2.05) is 18.7 Å². The number of fused-ring (bicyclic) bond motifs is 1. The molecule has 1 N–H and O–H groups in total. The van der Waals surface area contributed by atoms with Gasteiger partial charge in [0.25, 0.3) is 0 Å². The molecule has 0 radical (unpaired) electrons. The Morgan fingerprint density at radius 3 is 2.45 bits per heavy atom. The smallest absolute Gasteiger partial charge is 0.246 e. The topological polar surface area (TPSA) is 70.6 Å². The third-order valence-corrected chi connectivity index (χ3v) is 5.64. The maximum atomic E-state index is 13.4. The highest BCUT2D eigenvalue weighted by Gasteiger charge is 2.31. The third-order valence-electron chi connectivity index (χ3n) is 5.64. The molecule has 0 spiro atoms. The van der Waals surface area contributed by atoms with Crippen LogP contribution in [0, 0.1) is 17.5 Å². The average molecular weight is 468 g/mol. The molecule has 1 aliphatic heterocycles. The number of halogens is 3. The second-order valence-electron chi connectivity index (χ2n) is 7.65. The van der Waals surface area contributed by atoms with Crippen LogP contribution < -0.4 is 19.9 Å². The van der Waals surface area contributed by atoms with Crippen LogP contribution in [0.3, 0.4) is 0 Å². The Labute approximate surface area is 193 Å². The summed E-state index contributed by atoms with van der Waals surface area (Å²) in [6.07, 6.45) is 3.40. The number of aromatic nitrogens is 2. The lowest BCUT2D eigenvalue weighted by Crippen LogP contribution is -2.46. The lowest BCUT2D eigenvalue weighted by Gasteiger charge is -2.35. The number of benzene rings is 1. The van der Waals surface area contributed by atoms with Crippen LogP contribution in [0.4, 0.5) is 30.6 Å². The first-order valence-corrected chi connectivity index (χ1v) is 10.4. The van der Waals surface area contributed by atoms with E-state index in [0.29, 0.717) is 43.4 Å². The number of anilines is 3. The highest BCUT2D eigenvalue weighted by Crippen LogP contribution is 2.33. The van der Waals surface area contributed by atoms with Crippen molar-refractivity contribution in [3.8, 4) is 5.75 Å². The minimum Gasteiger partial charge on any atom is -0.490 e. The number of nitrogens with one attached hydrogen (secondary N) is 1. The molecule has 1 aliphatic carbocycles. The van der Waals surface area contributed by atoms with Crippen LogP contribution in [0.1, 0.15) is 48.0 Å². The monoisotopic (exact) mass is 467 g/mol. The van der Waals surface area contributed by atoms with E-state index in [-0.39, 0.29) is 45.2 Å². The van der Waals surface area contributed by atoms with Crippen LogP contribution in [-0.2, 0) is 4.79 Å². The summed E-state index contributed by atoms with van der Waals surface area (Å²) in [7, 11) is 0. The molecule has 0 bridgehead atoms. The number of nitrogens with zero attached hydrogens (tertiary/aromatic N) is 4. The highest BCUT2D eigenvalue weighted by atomic mass is 19.2. The van der Waals surface area contributed by atoms with Gasteiger partial charge in [0, 0.05) is 37.7 Å². The van der Waals surface area contributed by atoms with E-state index >= 15 is 0 Å². The van der Waals surface area contributed by atoms with E-state index in [9.17, 15) is 18.0 Å². The van der Waals surface area contributed by atoms with Gasteiger partial charge in [0.15, 0.2) is 23.3 Å². The molecular formula is C23H32F3N5O2. The molecule has 2 aliphatic rings. The van der Waals surface area contributed by atoms with Gasteiger partial charge in [0.1, 0.15) is 17.5 Å². The zero-order valence-electron chi connectivity index (χ0n) is 17.4. The van der Waals surface area contributed by atoms with Crippen molar-refractivity contribution in [1.29, 1.82) is 0 Å². The molecule has 0 saturated heterocycles. The van der Waals surface area contributed by atoms with Gasteiger partial charge in [0.05, 0.1) is 12.7 Å². The van der Waals surface area contributed by atoms with E-state index in [0.717, 1.165) is 18.6 Å². The number of hydrogen-bond donors (Lipinski definition) is 1. The van der Waals surface area contributed by atoms with Crippen LogP contribution in [0.25, 0.3) is 0 Å². The van der Waals surface area contributed by atoms with Crippen molar-refractivity contribution < 1.29 is 22.7 Å². The Morgan fingerprint density at radius 2 is 1.82 bits per heavy atom. The van der Waals surface area contributed by atoms with Crippen molar-refractivity contribution in [2.24, 2.45) is 0 Å². The molecule has 0 unspecified atom stereocenters. The summed E-state index contributed by atoms with van der Waals surface area (Å²) >= 11 is 0. The number of ether oxygens (including phenoxy) is 1. The number of hydrogen-bond acceptors (Lipinski definition) is 6. The second-order valence-corrected chi connectivity index (χ2v) is 7.65. The van der Waals surface area contributed by atoms with Gasteiger partial charge in [-0.1, -0.05) is 14.9 Å². The van der Waals surface area contributed by atoms with Crippen LogP contribution in [-0.4, -0.2) is 47.7 Å². The van der Waals surface area contributed by atoms with Gasteiger partial charge >= 0.3 is 0 Å². The molecule has 1 aromatic heterocycles. The quantitative estimate of drug-likeness (QED) is 0.617. The van der Waals surface area contributed by atoms with Gasteiger partial charge in [-0.15, -0.1) is 0 Å². The predicted molar refractivity (Wildman–Crippen MR) is 123 cm³/mol. The minimum absolute atomic E-state index is 0. The Balaban J connectivity index is 0.00000193. The maximum Gasteiger partial charge on any atom is 0.246 e. The summed E-state index contributed by atoms with van der Waals surface area (Å²) in [5, 5.41) is 3.29. The van der Waals surface area contributed by atoms with Crippen LogP contribution in [0.5, 0.6) is 5.75 Å². The summed E-state index contributed by atoms with van der Waals surface area (Å²) in [5.74, 6) is -2.90. The number of rotatable bonds is 6. The Bertz CT molecular complexity index is 968. The summed E-state index contributed by atoms with van der Waals surface area (Å²) in [4.78, 5) is 24.9. The molecule has 10 heteroatoms. The summed E-state index contributed by atoms with van der Waals surface area (Å²) in [6, 6.07) is 1.72. The lowest BCUT2D eigenvalue weighted by molar-refractivity contribution is -0.117. The van der Waals surface area contributed by atoms with Crippen molar-refractivity contribution in [3.05, 3.63) is 35.8 Å². The zero-order chi connectivity index (χ0) is 22.1. The fraction of sp³-hybridized carbons (Fsp3) is 0.522. The normalized spacial score (nSPS) is 19.5. The van der Waals surface area contributed by atoms with E-state index < -0.39 is 17.5 Å². The average Bonchev–Trinajstić information content (AvgIpc) is 3.18. The molecule has 1 aromatic carbocycles. The molecule has 1 amide bonds. The van der Waals surface area contributed by atoms with Crippen LogP contribution in [0.2, 0.25) is 0 Å². The van der Waals surface area contributed by atoms with Crippen molar-refractivity contribution in [2.45, 2.75) is 60.1 Å². The van der Waals surface area contributed by atoms with Crippen molar-refractivity contribution in [2.75, 3.05) is 34.8 Å². The minimum atomic E-state index is -1.51. The van der Waals surface area contributed by atoms with Gasteiger partial charge in [-0.3, -0.25) is 4.79 Å². The molecular weight excluding hydrogens is 435 g/mol. The predicted octanol–water partition coefficient (Wildman–Crippen LogP) is 4.77. The molecule has 2 aromatic rings. The lowest BCUT2D eigenvalue weighted by atomic mass is 10.2. The molecule has 7 nitrogen and oxygen atoms in total. The number of carbonyl (C=O) groups is 1.